The SMILES string of the molecule is CC(=O)NC1C(OC2CCC3(C)C(CCC4(C)C3CC=C3C5CC(C)(C)CCC5(C(=O)OC5OCC(O)C(O)C5O)C(O)CC34C)C2(C)C)OC(COC2OC(C)C(O)C(OC3OCC(O)C(OC4OC(C)C(O)C(OC5OC(C)C(O)C(O)C5O)C4O)C3O)C2O)C(O)C1O. The Morgan fingerprint density at radius 3 is 1.75 bits per heavy atom. The standard InChI is InChI=1S/C66H107NO29/c1-25-39(72)45(78)47(80)58(89-25)95-53-41(74)27(3)90-59(50(53)83)93-51-32(70)23-86-57(48(51)81)94-52-40(73)26(2)88-56(49(52)82)87-24-33-43(76)44(77)38(67-28(4)68)54(91-33)92-37-15-16-63(9)34(62(37,7)8)14-17-64(10)35(63)13-12-29-30-20-61(5,6)18-19-66(30,36(71)21-65(29,64)11)60(84)96-55-46(79)42(75)31(69)22-85-55/h12,25-27,30-59,69-83H,13-24H2,1-11H3,(H,67,68). The second-order valence-electron chi connectivity index (χ2n) is 31.8. The number of carbonyl (C=O) groups excluding carboxylic acids is 2. The first kappa shape index (κ1) is 74.8. The number of ether oxygens (including phenoxy) is 12. The van der Waals surface area contributed by atoms with E-state index >= 15 is 0 Å². The summed E-state index contributed by atoms with van der Waals surface area (Å²) in [5, 5.41) is 170. The number of hydrogen-bond acceptors (Lipinski definition) is 29. The lowest BCUT2D eigenvalue weighted by Gasteiger charge is -2.71. The van der Waals surface area contributed by atoms with Gasteiger partial charge in [0.1, 0.15) is 121 Å². The number of hydrogen-bond donors (Lipinski definition) is 16. The van der Waals surface area contributed by atoms with E-state index in [1.807, 2.05) is 0 Å². The highest BCUT2D eigenvalue weighted by Crippen LogP contribution is 2.76. The fourth-order valence-electron chi connectivity index (χ4n) is 19.2. The van der Waals surface area contributed by atoms with Crippen molar-refractivity contribution in [2.75, 3.05) is 19.8 Å². The molecule has 5 aliphatic carbocycles. The van der Waals surface area contributed by atoms with E-state index in [1.54, 1.807) is 0 Å². The van der Waals surface area contributed by atoms with Gasteiger partial charge in [-0.3, -0.25) is 9.59 Å². The Morgan fingerprint density at radius 1 is 0.531 bits per heavy atom. The van der Waals surface area contributed by atoms with Crippen LogP contribution in [0.25, 0.3) is 0 Å². The van der Waals surface area contributed by atoms with Gasteiger partial charge in [-0.25, -0.2) is 0 Å². The Balaban J connectivity index is 0.752. The fraction of sp³-hybridized carbons (Fsp3) is 0.939. The predicted molar refractivity (Wildman–Crippen MR) is 325 cm³/mol. The molecule has 4 saturated carbocycles. The van der Waals surface area contributed by atoms with E-state index in [9.17, 15) is 86.2 Å². The van der Waals surface area contributed by atoms with Crippen molar-refractivity contribution in [3.05, 3.63) is 11.6 Å². The Bertz CT molecular complexity index is 2770. The first-order valence-corrected chi connectivity index (χ1v) is 34.3. The van der Waals surface area contributed by atoms with E-state index in [1.165, 1.54) is 27.7 Å². The van der Waals surface area contributed by atoms with Crippen LogP contribution in [0.4, 0.5) is 0 Å². The highest BCUT2D eigenvalue weighted by molar-refractivity contribution is 5.80. The quantitative estimate of drug-likeness (QED) is 0.0471. The molecule has 30 nitrogen and oxygen atoms in total. The molecule has 1 amide bonds. The van der Waals surface area contributed by atoms with Crippen LogP contribution >= 0.6 is 0 Å². The van der Waals surface area contributed by atoms with Gasteiger partial charge in [-0.2, -0.15) is 0 Å². The van der Waals surface area contributed by atoms with Crippen LogP contribution in [-0.2, 0) is 66.4 Å². The molecule has 30 heteroatoms. The number of rotatable bonds is 14. The lowest BCUT2D eigenvalue weighted by Crippen LogP contribution is -2.69. The molecule has 0 aromatic carbocycles. The number of amides is 1. The lowest BCUT2D eigenvalue weighted by atomic mass is 9.33. The zero-order valence-corrected chi connectivity index (χ0v) is 56.5. The van der Waals surface area contributed by atoms with Crippen LogP contribution < -0.4 is 5.32 Å². The summed E-state index contributed by atoms with van der Waals surface area (Å²) >= 11 is 0. The molecule has 16 N–H and O–H groups in total. The van der Waals surface area contributed by atoms with E-state index in [0.717, 1.165) is 18.4 Å². The van der Waals surface area contributed by atoms with Gasteiger partial charge in [0.25, 0.3) is 0 Å². The third kappa shape index (κ3) is 12.9. The summed E-state index contributed by atoms with van der Waals surface area (Å²) in [5.74, 6) is -1.49. The van der Waals surface area contributed by atoms with E-state index in [2.05, 4.69) is 59.9 Å². The number of carbonyl (C=O) groups is 2. The maximum atomic E-state index is 14.8. The van der Waals surface area contributed by atoms with Crippen molar-refractivity contribution < 1.29 is 143 Å². The largest absolute Gasteiger partial charge is 0.432 e. The molecule has 550 valence electrons. The molecule has 0 aromatic heterocycles. The first-order valence-electron chi connectivity index (χ1n) is 34.3. The van der Waals surface area contributed by atoms with Gasteiger partial charge in [0.15, 0.2) is 31.5 Å². The molecule has 6 heterocycles. The number of aliphatic hydroxyl groups is 15. The minimum Gasteiger partial charge on any atom is -0.432 e. The predicted octanol–water partition coefficient (Wildman–Crippen LogP) is -2.91. The maximum absolute atomic E-state index is 14.8. The highest BCUT2D eigenvalue weighted by atomic mass is 16.8. The van der Waals surface area contributed by atoms with E-state index in [4.69, 9.17) is 56.8 Å². The summed E-state index contributed by atoms with van der Waals surface area (Å²) in [6.07, 6.45) is -36.7. The van der Waals surface area contributed by atoms with Gasteiger partial charge in [0.2, 0.25) is 12.2 Å². The van der Waals surface area contributed by atoms with Crippen LogP contribution in [0.15, 0.2) is 11.6 Å². The number of fused-ring (bicyclic) bond motifs is 7. The summed E-state index contributed by atoms with van der Waals surface area (Å²) in [6, 6.07) is -1.27. The molecule has 37 atom stereocenters. The highest BCUT2D eigenvalue weighted by Gasteiger charge is 2.72. The molecule has 10 fully saturated rings. The fourth-order valence-corrected chi connectivity index (χ4v) is 19.2. The van der Waals surface area contributed by atoms with Crippen LogP contribution in [0.2, 0.25) is 0 Å². The number of aliphatic hydroxyl groups excluding tert-OH is 15. The molecule has 0 radical (unpaired) electrons. The zero-order valence-electron chi connectivity index (χ0n) is 56.5. The summed E-state index contributed by atoms with van der Waals surface area (Å²) in [7, 11) is 0. The second-order valence-corrected chi connectivity index (χ2v) is 31.8. The number of allylic oxidation sites excluding steroid dienone is 2. The average Bonchev–Trinajstić information content (AvgIpc) is 0.672. The van der Waals surface area contributed by atoms with Crippen LogP contribution in [0.1, 0.15) is 134 Å². The second kappa shape index (κ2) is 27.7. The minimum absolute atomic E-state index is 0.0498. The molecule has 11 rings (SSSR count). The van der Waals surface area contributed by atoms with Crippen LogP contribution in [-0.4, -0.2) is 292 Å². The van der Waals surface area contributed by atoms with Crippen molar-refractivity contribution >= 4 is 11.9 Å². The molecular weight excluding hydrogens is 1270 g/mol. The smallest absolute Gasteiger partial charge is 0.317 e. The summed E-state index contributed by atoms with van der Waals surface area (Å²) in [4.78, 5) is 27.6. The maximum Gasteiger partial charge on any atom is 0.317 e. The van der Waals surface area contributed by atoms with Crippen LogP contribution in [0.5, 0.6) is 0 Å². The number of esters is 1. The van der Waals surface area contributed by atoms with E-state index in [0.29, 0.717) is 38.5 Å². The first-order chi connectivity index (χ1) is 44.8. The monoisotopic (exact) mass is 1380 g/mol. The normalized spacial score (nSPS) is 54.1. The third-order valence-electron chi connectivity index (χ3n) is 25.1. The Labute approximate surface area is 558 Å². The Hall–Kier alpha value is -2.36. The van der Waals surface area contributed by atoms with E-state index < -0.39 is 231 Å². The Morgan fingerprint density at radius 2 is 1.09 bits per heavy atom. The van der Waals surface area contributed by atoms with E-state index in [-0.39, 0.29) is 41.1 Å². The Kier molecular flexibility index (Phi) is 21.6. The van der Waals surface area contributed by atoms with Gasteiger partial charge in [-0.05, 0) is 123 Å². The molecule has 0 spiro atoms. The molecule has 96 heavy (non-hydrogen) atoms. The van der Waals surface area contributed by atoms with Gasteiger partial charge >= 0.3 is 5.97 Å². The minimum atomic E-state index is -1.93. The lowest BCUT2D eigenvalue weighted by molar-refractivity contribution is -0.380. The molecule has 0 bridgehead atoms. The van der Waals surface area contributed by atoms with Crippen molar-refractivity contribution in [1.29, 1.82) is 0 Å². The van der Waals surface area contributed by atoms with Gasteiger partial charge in [0, 0.05) is 6.92 Å². The van der Waals surface area contributed by atoms with Crippen LogP contribution in [0, 0.1) is 50.2 Å². The molecule has 6 saturated heterocycles. The van der Waals surface area contributed by atoms with Crippen LogP contribution in [0.3, 0.4) is 0 Å². The molecular formula is C66H107NO29. The van der Waals surface area contributed by atoms with Gasteiger partial charge in [-0.15, -0.1) is 0 Å². The zero-order chi connectivity index (χ0) is 70.2. The summed E-state index contributed by atoms with van der Waals surface area (Å²) in [5.41, 5.74) is -2.22. The van der Waals surface area contributed by atoms with Gasteiger partial charge < -0.3 is 139 Å². The number of nitrogens with one attached hydrogen (secondary N) is 1. The summed E-state index contributed by atoms with van der Waals surface area (Å²) < 4.78 is 71.5. The van der Waals surface area contributed by atoms with Gasteiger partial charge in [-0.1, -0.05) is 60.1 Å². The van der Waals surface area contributed by atoms with Crippen molar-refractivity contribution in [3.63, 3.8) is 0 Å². The summed E-state index contributed by atoms with van der Waals surface area (Å²) in [6.45, 7) is 19.6. The van der Waals surface area contributed by atoms with Gasteiger partial charge in [0.05, 0.1) is 50.3 Å². The average molecular weight is 1380 g/mol. The van der Waals surface area contributed by atoms with Crippen molar-refractivity contribution in [2.24, 2.45) is 50.2 Å². The van der Waals surface area contributed by atoms with Crippen molar-refractivity contribution in [1.82, 2.24) is 5.32 Å². The molecule has 6 aliphatic heterocycles. The molecule has 0 aromatic rings. The molecule has 37 unspecified atom stereocenters. The van der Waals surface area contributed by atoms with Crippen molar-refractivity contribution in [3.8, 4) is 0 Å². The molecule has 11 aliphatic rings. The topological polar surface area (TPSA) is 460 Å². The van der Waals surface area contributed by atoms with Crippen molar-refractivity contribution in [2.45, 2.75) is 318 Å². The third-order valence-corrected chi connectivity index (χ3v) is 25.1.